The molecule has 1 N–H and O–H groups in total. The number of hydrogen-bond donors (Lipinski definition) is 1. The predicted octanol–water partition coefficient (Wildman–Crippen LogP) is 2.77. The number of benzene rings is 1. The number of hydrogen-bond acceptors (Lipinski definition) is 8. The van der Waals surface area contributed by atoms with Crippen molar-refractivity contribution in [2.45, 2.75) is 12.8 Å². The molecule has 0 bridgehead atoms. The lowest BCUT2D eigenvalue weighted by Crippen LogP contribution is -2.33. The highest BCUT2D eigenvalue weighted by atomic mass is 32.1. The summed E-state index contributed by atoms with van der Waals surface area (Å²) in [5.41, 5.74) is 1.19. The molecule has 3 aromatic rings. The summed E-state index contributed by atoms with van der Waals surface area (Å²) in [4.78, 5) is 54.9. The van der Waals surface area contributed by atoms with Crippen molar-refractivity contribution in [3.05, 3.63) is 68.9 Å². The number of thiophene rings is 1. The van der Waals surface area contributed by atoms with Gasteiger partial charge in [-0.25, -0.2) is 4.98 Å². The highest BCUT2D eigenvalue weighted by Crippen LogP contribution is 2.22. The molecule has 0 atom stereocenters. The number of nitrogens with one attached hydrogen (secondary N) is 1. The third kappa shape index (κ3) is 4.86. The zero-order chi connectivity index (χ0) is 21.8. The van der Waals surface area contributed by atoms with Crippen LogP contribution in [0.15, 0.2) is 47.2 Å². The van der Waals surface area contributed by atoms with E-state index in [-0.39, 0.29) is 43.7 Å². The highest BCUT2D eigenvalue weighted by molar-refractivity contribution is 7.14. The van der Waals surface area contributed by atoms with E-state index in [1.807, 2.05) is 17.5 Å². The standard InChI is InChI=1S/C21H17N3O5S2/c25-17(11-14-4-3-9-30-14)23-21-22-13(12-31-21)10-18(26)29-8-7-24-19(27)15-5-1-2-6-16(15)20(24)28/h1-6,9,12H,7-8,10-11H2,(H,22,23,25). The molecule has 0 saturated carbocycles. The molecule has 0 unspecified atom stereocenters. The first-order valence-electron chi connectivity index (χ1n) is 9.39. The van der Waals surface area contributed by atoms with Crippen LogP contribution >= 0.6 is 22.7 Å². The second-order valence-electron chi connectivity index (χ2n) is 6.65. The number of amides is 3. The fraction of sp³-hybridized carbons (Fsp3) is 0.190. The highest BCUT2D eigenvalue weighted by Gasteiger charge is 2.34. The van der Waals surface area contributed by atoms with Crippen LogP contribution in [-0.2, 0) is 27.2 Å². The molecule has 3 amide bonds. The summed E-state index contributed by atoms with van der Waals surface area (Å²) in [6, 6.07) is 10.4. The lowest BCUT2D eigenvalue weighted by Gasteiger charge is -2.13. The maximum Gasteiger partial charge on any atom is 0.311 e. The van der Waals surface area contributed by atoms with Crippen molar-refractivity contribution in [1.29, 1.82) is 0 Å². The monoisotopic (exact) mass is 455 g/mol. The molecule has 0 radical (unpaired) electrons. The second-order valence-corrected chi connectivity index (χ2v) is 8.54. The molecule has 158 valence electrons. The van der Waals surface area contributed by atoms with Crippen LogP contribution in [0.4, 0.5) is 5.13 Å². The van der Waals surface area contributed by atoms with Gasteiger partial charge in [0.15, 0.2) is 5.13 Å². The Kier molecular flexibility index (Phi) is 6.19. The summed E-state index contributed by atoms with van der Waals surface area (Å²) < 4.78 is 5.16. The van der Waals surface area contributed by atoms with E-state index in [9.17, 15) is 19.2 Å². The molecule has 3 heterocycles. The van der Waals surface area contributed by atoms with E-state index >= 15 is 0 Å². The Hall–Kier alpha value is -3.37. The van der Waals surface area contributed by atoms with Crippen LogP contribution in [0.3, 0.4) is 0 Å². The Morgan fingerprint density at radius 3 is 2.42 bits per heavy atom. The van der Waals surface area contributed by atoms with Crippen LogP contribution in [-0.4, -0.2) is 46.7 Å². The molecule has 4 rings (SSSR count). The first-order chi connectivity index (χ1) is 15.0. The van der Waals surface area contributed by atoms with Gasteiger partial charge in [-0.2, -0.15) is 0 Å². The van der Waals surface area contributed by atoms with Crippen molar-refractivity contribution >= 4 is 51.5 Å². The molecule has 0 fully saturated rings. The molecule has 0 saturated heterocycles. The van der Waals surface area contributed by atoms with Gasteiger partial charge in [0.1, 0.15) is 6.61 Å². The van der Waals surface area contributed by atoms with E-state index in [4.69, 9.17) is 4.74 Å². The summed E-state index contributed by atoms with van der Waals surface area (Å²) in [5, 5.41) is 6.71. The van der Waals surface area contributed by atoms with Gasteiger partial charge in [-0.15, -0.1) is 22.7 Å². The van der Waals surface area contributed by atoms with E-state index in [0.717, 1.165) is 9.78 Å². The molecule has 0 aliphatic carbocycles. The second kappa shape index (κ2) is 9.19. The lowest BCUT2D eigenvalue weighted by atomic mass is 10.1. The number of anilines is 1. The number of thiazole rings is 1. The Morgan fingerprint density at radius 2 is 1.74 bits per heavy atom. The van der Waals surface area contributed by atoms with Crippen molar-refractivity contribution in [2.24, 2.45) is 0 Å². The summed E-state index contributed by atoms with van der Waals surface area (Å²) in [6.07, 6.45) is 0.200. The fourth-order valence-electron chi connectivity index (χ4n) is 3.07. The topological polar surface area (TPSA) is 106 Å². The number of nitrogens with zero attached hydrogens (tertiary/aromatic N) is 2. The average molecular weight is 456 g/mol. The van der Waals surface area contributed by atoms with Gasteiger partial charge in [-0.1, -0.05) is 18.2 Å². The zero-order valence-electron chi connectivity index (χ0n) is 16.2. The van der Waals surface area contributed by atoms with Crippen molar-refractivity contribution in [3.63, 3.8) is 0 Å². The average Bonchev–Trinajstić information content (AvgIpc) is 3.46. The molecule has 1 aliphatic rings. The Labute approximate surface area is 185 Å². The van der Waals surface area contributed by atoms with Gasteiger partial charge in [-0.05, 0) is 23.6 Å². The number of carbonyl (C=O) groups excluding carboxylic acids is 4. The van der Waals surface area contributed by atoms with Crippen molar-refractivity contribution in [2.75, 3.05) is 18.5 Å². The van der Waals surface area contributed by atoms with Gasteiger partial charge in [0.05, 0.1) is 36.2 Å². The number of ether oxygens (including phenoxy) is 1. The summed E-state index contributed by atoms with van der Waals surface area (Å²) in [6.45, 7) is -0.113. The molecule has 0 spiro atoms. The Bertz CT molecular complexity index is 1100. The SMILES string of the molecule is O=C(Cc1cccs1)Nc1nc(CC(=O)OCCN2C(=O)c3ccccc3C2=O)cs1. The number of imide groups is 1. The summed E-state index contributed by atoms with van der Waals surface area (Å²) in [7, 11) is 0. The predicted molar refractivity (Wildman–Crippen MR) is 115 cm³/mol. The fourth-order valence-corrected chi connectivity index (χ4v) is 4.50. The first kappa shape index (κ1) is 20.9. The normalized spacial score (nSPS) is 12.7. The smallest absolute Gasteiger partial charge is 0.311 e. The van der Waals surface area contributed by atoms with Gasteiger partial charge in [0.2, 0.25) is 5.91 Å². The van der Waals surface area contributed by atoms with Gasteiger partial charge in [0.25, 0.3) is 11.8 Å². The molecule has 2 aromatic heterocycles. The van der Waals surface area contributed by atoms with E-state index in [1.54, 1.807) is 29.6 Å². The number of carbonyl (C=O) groups is 4. The van der Waals surface area contributed by atoms with Gasteiger partial charge >= 0.3 is 5.97 Å². The van der Waals surface area contributed by atoms with Gasteiger partial charge in [0, 0.05) is 10.3 Å². The van der Waals surface area contributed by atoms with Crippen molar-refractivity contribution < 1.29 is 23.9 Å². The molecule has 8 nitrogen and oxygen atoms in total. The maximum atomic E-state index is 12.3. The third-order valence-corrected chi connectivity index (χ3v) is 6.18. The first-order valence-corrected chi connectivity index (χ1v) is 11.1. The quantitative estimate of drug-likeness (QED) is 0.414. The van der Waals surface area contributed by atoms with Crippen LogP contribution in [0.25, 0.3) is 0 Å². The van der Waals surface area contributed by atoms with Crippen molar-refractivity contribution in [3.8, 4) is 0 Å². The largest absolute Gasteiger partial charge is 0.463 e. The Morgan fingerprint density at radius 1 is 1.00 bits per heavy atom. The molecule has 1 aromatic carbocycles. The molecular formula is C21H17N3O5S2. The molecule has 31 heavy (non-hydrogen) atoms. The minimum absolute atomic E-state index is 0.0147. The molecule has 1 aliphatic heterocycles. The Balaban J connectivity index is 1.22. The van der Waals surface area contributed by atoms with Gasteiger partial charge in [-0.3, -0.25) is 24.1 Å². The molecular weight excluding hydrogens is 438 g/mol. The van der Waals surface area contributed by atoms with Gasteiger partial charge < -0.3 is 10.1 Å². The van der Waals surface area contributed by atoms with E-state index in [0.29, 0.717) is 22.0 Å². The number of esters is 1. The van der Waals surface area contributed by atoms with E-state index in [2.05, 4.69) is 10.3 Å². The van der Waals surface area contributed by atoms with Crippen LogP contribution < -0.4 is 5.32 Å². The minimum atomic E-state index is -0.529. The van der Waals surface area contributed by atoms with E-state index in [1.165, 1.54) is 22.7 Å². The van der Waals surface area contributed by atoms with Crippen molar-refractivity contribution in [1.82, 2.24) is 9.88 Å². The maximum absolute atomic E-state index is 12.3. The van der Waals surface area contributed by atoms with Crippen LogP contribution in [0.5, 0.6) is 0 Å². The number of rotatable bonds is 8. The lowest BCUT2D eigenvalue weighted by molar-refractivity contribution is -0.143. The van der Waals surface area contributed by atoms with E-state index < -0.39 is 5.97 Å². The number of aromatic nitrogens is 1. The molecule has 10 heteroatoms. The van der Waals surface area contributed by atoms with Crippen LogP contribution in [0, 0.1) is 0 Å². The summed E-state index contributed by atoms with van der Waals surface area (Å²) in [5.74, 6) is -1.48. The third-order valence-electron chi connectivity index (χ3n) is 4.49. The summed E-state index contributed by atoms with van der Waals surface area (Å²) >= 11 is 2.73. The minimum Gasteiger partial charge on any atom is -0.463 e. The zero-order valence-corrected chi connectivity index (χ0v) is 17.8. The van der Waals surface area contributed by atoms with Crippen LogP contribution in [0.1, 0.15) is 31.3 Å². The van der Waals surface area contributed by atoms with Crippen LogP contribution in [0.2, 0.25) is 0 Å². The number of fused-ring (bicyclic) bond motifs is 1.